The minimum atomic E-state index is -0.0859. The molecule has 0 bridgehead atoms. The Morgan fingerprint density at radius 3 is 3.00 bits per heavy atom. The monoisotopic (exact) mass is 289 g/mol. The van der Waals surface area contributed by atoms with Crippen LogP contribution in [-0.4, -0.2) is 34.0 Å². The molecule has 0 saturated heterocycles. The number of hydrogen-bond donors (Lipinski definition) is 3. The van der Waals surface area contributed by atoms with Crippen molar-refractivity contribution in [2.75, 3.05) is 13.1 Å². The fourth-order valence-electron chi connectivity index (χ4n) is 1.74. The van der Waals surface area contributed by atoms with Gasteiger partial charge in [-0.05, 0) is 43.6 Å². The Kier molecular flexibility index (Phi) is 6.47. The normalized spacial score (nSPS) is 9.60. The Bertz CT molecular complexity index is 521. The van der Waals surface area contributed by atoms with Crippen LogP contribution >= 0.6 is 12.2 Å². The van der Waals surface area contributed by atoms with Crippen LogP contribution in [0.25, 0.3) is 0 Å². The molecule has 0 amide bonds. The van der Waals surface area contributed by atoms with Crippen LogP contribution in [0.3, 0.4) is 0 Å². The molecule has 1 heterocycles. The lowest BCUT2D eigenvalue weighted by Crippen LogP contribution is -2.47. The molecule has 20 heavy (non-hydrogen) atoms. The quantitative estimate of drug-likeness (QED) is 0.326. The van der Waals surface area contributed by atoms with Gasteiger partial charge in [0.2, 0.25) is 0 Å². The van der Waals surface area contributed by atoms with E-state index in [1.807, 2.05) is 19.1 Å². The van der Waals surface area contributed by atoms with E-state index in [4.69, 9.17) is 29.8 Å². The van der Waals surface area contributed by atoms with Crippen LogP contribution in [0.2, 0.25) is 0 Å². The van der Waals surface area contributed by atoms with Gasteiger partial charge in [0.1, 0.15) is 0 Å². The van der Waals surface area contributed by atoms with E-state index < -0.39 is 0 Å². The first-order valence-electron chi connectivity index (χ1n) is 6.29. The third kappa shape index (κ3) is 4.86. The average molecular weight is 289 g/mol. The maximum Gasteiger partial charge on any atom is 0.194 e. The highest BCUT2D eigenvalue weighted by Gasteiger charge is 2.12. The number of terminal acetylenes is 1. The minimum absolute atomic E-state index is 0.0859. The van der Waals surface area contributed by atoms with Crippen LogP contribution in [0.5, 0.6) is 0 Å². The van der Waals surface area contributed by atoms with Gasteiger partial charge in [-0.15, -0.1) is 6.42 Å². The van der Waals surface area contributed by atoms with Crippen LogP contribution in [0.15, 0.2) is 18.3 Å². The van der Waals surface area contributed by atoms with Gasteiger partial charge < -0.3 is 11.1 Å². The van der Waals surface area contributed by atoms with Gasteiger partial charge in [-0.1, -0.05) is 12.0 Å². The van der Waals surface area contributed by atoms with Gasteiger partial charge in [-0.3, -0.25) is 15.3 Å². The molecular formula is C14H19N5S. The zero-order valence-corrected chi connectivity index (χ0v) is 12.3. The van der Waals surface area contributed by atoms with E-state index in [1.54, 1.807) is 6.20 Å². The first-order chi connectivity index (χ1) is 9.56. The van der Waals surface area contributed by atoms with Gasteiger partial charge in [0.15, 0.2) is 11.1 Å². The molecular weight excluding hydrogens is 270 g/mol. The van der Waals surface area contributed by atoms with Gasteiger partial charge in [0.25, 0.3) is 0 Å². The Labute approximate surface area is 125 Å². The van der Waals surface area contributed by atoms with E-state index in [1.165, 1.54) is 4.90 Å². The first kappa shape index (κ1) is 15.9. The van der Waals surface area contributed by atoms with Crippen LogP contribution in [0.4, 0.5) is 0 Å². The van der Waals surface area contributed by atoms with Crippen LogP contribution < -0.4 is 11.1 Å². The maximum atomic E-state index is 7.55. The summed E-state index contributed by atoms with van der Waals surface area (Å²) >= 11 is 5.16. The Morgan fingerprint density at radius 2 is 2.40 bits per heavy atom. The highest BCUT2D eigenvalue weighted by molar-refractivity contribution is 7.80. The summed E-state index contributed by atoms with van der Waals surface area (Å²) in [5.41, 5.74) is 7.75. The lowest BCUT2D eigenvalue weighted by Gasteiger charge is -2.23. The minimum Gasteiger partial charge on any atom is -0.370 e. The summed E-state index contributed by atoms with van der Waals surface area (Å²) in [7, 11) is 0. The van der Waals surface area contributed by atoms with Gasteiger partial charge in [0, 0.05) is 18.4 Å². The molecule has 0 radical (unpaired) electrons. The molecule has 0 spiro atoms. The third-order valence-electron chi connectivity index (χ3n) is 2.79. The topological polar surface area (TPSA) is 78.0 Å². The number of nitrogens with zero attached hydrogens (tertiary/aromatic N) is 2. The third-order valence-corrected chi connectivity index (χ3v) is 3.16. The molecule has 5 nitrogen and oxygen atoms in total. The van der Waals surface area contributed by atoms with Gasteiger partial charge in [0.05, 0.1) is 6.54 Å². The Morgan fingerprint density at radius 1 is 1.65 bits per heavy atom. The highest BCUT2D eigenvalue weighted by atomic mass is 32.1. The molecule has 1 aromatic rings. The van der Waals surface area contributed by atoms with Crippen molar-refractivity contribution in [3.8, 4) is 12.3 Å². The van der Waals surface area contributed by atoms with Crippen LogP contribution in [-0.2, 0) is 6.42 Å². The van der Waals surface area contributed by atoms with E-state index in [0.29, 0.717) is 18.2 Å². The SMILES string of the molecule is C#CCNC(=S)N(CCCc1ncccc1C)C(=N)N. The van der Waals surface area contributed by atoms with Crippen molar-refractivity contribution in [1.82, 2.24) is 15.2 Å². The second-order valence-corrected chi connectivity index (χ2v) is 4.66. The van der Waals surface area contributed by atoms with E-state index in [-0.39, 0.29) is 5.96 Å². The number of aryl methyl sites for hydroxylation is 2. The Balaban J connectivity index is 2.52. The van der Waals surface area contributed by atoms with Crippen molar-refractivity contribution in [1.29, 1.82) is 5.41 Å². The van der Waals surface area contributed by atoms with Gasteiger partial charge in [-0.2, -0.15) is 0 Å². The lowest BCUT2D eigenvalue weighted by atomic mass is 10.1. The molecule has 0 atom stereocenters. The van der Waals surface area contributed by atoms with E-state index in [0.717, 1.165) is 24.1 Å². The average Bonchev–Trinajstić information content (AvgIpc) is 2.42. The molecule has 0 saturated carbocycles. The molecule has 0 aromatic carbocycles. The fourth-order valence-corrected chi connectivity index (χ4v) is 2.00. The lowest BCUT2D eigenvalue weighted by molar-refractivity contribution is 0.554. The molecule has 0 unspecified atom stereocenters. The largest absolute Gasteiger partial charge is 0.370 e. The predicted molar refractivity (Wildman–Crippen MR) is 85.3 cm³/mol. The summed E-state index contributed by atoms with van der Waals surface area (Å²) in [5.74, 6) is 2.35. The molecule has 6 heteroatoms. The van der Waals surface area contributed by atoms with E-state index in [2.05, 4.69) is 16.2 Å². The van der Waals surface area contributed by atoms with Crippen molar-refractivity contribution < 1.29 is 0 Å². The molecule has 0 aliphatic carbocycles. The van der Waals surface area contributed by atoms with Crippen LogP contribution in [0.1, 0.15) is 17.7 Å². The molecule has 0 aliphatic heterocycles. The second-order valence-electron chi connectivity index (χ2n) is 4.27. The standard InChI is InChI=1S/C14H19N5S/c1-3-8-18-14(20)19(13(15)16)10-5-7-12-11(2)6-4-9-17-12/h1,4,6,9H,5,7-8,10H2,2H3,(H3,15,16)(H,18,20). The number of hydrogen-bond acceptors (Lipinski definition) is 3. The zero-order valence-electron chi connectivity index (χ0n) is 11.5. The van der Waals surface area contributed by atoms with E-state index in [9.17, 15) is 0 Å². The summed E-state index contributed by atoms with van der Waals surface area (Å²) in [5, 5.41) is 10.8. The highest BCUT2D eigenvalue weighted by Crippen LogP contribution is 2.06. The summed E-state index contributed by atoms with van der Waals surface area (Å²) in [6, 6.07) is 3.95. The Hall–Kier alpha value is -2.13. The van der Waals surface area contributed by atoms with Crippen molar-refractivity contribution in [2.24, 2.45) is 5.73 Å². The van der Waals surface area contributed by atoms with Gasteiger partial charge in [-0.25, -0.2) is 0 Å². The number of guanidine groups is 1. The molecule has 1 rings (SSSR count). The van der Waals surface area contributed by atoms with Gasteiger partial charge >= 0.3 is 0 Å². The van der Waals surface area contributed by atoms with Crippen molar-refractivity contribution in [2.45, 2.75) is 19.8 Å². The maximum absolute atomic E-state index is 7.55. The number of nitrogens with two attached hydrogens (primary N) is 1. The summed E-state index contributed by atoms with van der Waals surface area (Å²) in [6.07, 6.45) is 8.56. The van der Waals surface area contributed by atoms with Crippen LogP contribution in [0, 0.1) is 24.7 Å². The number of nitrogens with one attached hydrogen (secondary N) is 2. The molecule has 0 aliphatic rings. The molecule has 1 aromatic heterocycles. The predicted octanol–water partition coefficient (Wildman–Crippen LogP) is 1.03. The van der Waals surface area contributed by atoms with Crippen molar-refractivity contribution >= 4 is 23.3 Å². The molecule has 106 valence electrons. The number of rotatable bonds is 5. The first-order valence-corrected chi connectivity index (χ1v) is 6.70. The van der Waals surface area contributed by atoms with E-state index >= 15 is 0 Å². The summed E-state index contributed by atoms with van der Waals surface area (Å²) < 4.78 is 0. The number of aromatic nitrogens is 1. The number of pyridine rings is 1. The summed E-state index contributed by atoms with van der Waals surface area (Å²) in [6.45, 7) is 2.91. The number of thiocarbonyl (C=S) groups is 1. The second kappa shape index (κ2) is 8.12. The van der Waals surface area contributed by atoms with Crippen molar-refractivity contribution in [3.05, 3.63) is 29.6 Å². The fraction of sp³-hybridized carbons (Fsp3) is 0.357. The zero-order chi connectivity index (χ0) is 15.0. The summed E-state index contributed by atoms with van der Waals surface area (Å²) in [4.78, 5) is 5.87. The molecule has 0 fully saturated rings. The van der Waals surface area contributed by atoms with Crippen molar-refractivity contribution in [3.63, 3.8) is 0 Å². The smallest absolute Gasteiger partial charge is 0.194 e. The molecule has 4 N–H and O–H groups in total.